The molecule has 1 amide bonds. The summed E-state index contributed by atoms with van der Waals surface area (Å²) in [6.07, 6.45) is -0.576. The number of hydrogen-bond acceptors (Lipinski definition) is 4. The average molecular weight is 328 g/mol. The molecular formula is C18H24N4O2. The maximum absolute atomic E-state index is 11.7. The van der Waals surface area contributed by atoms with Gasteiger partial charge in [0.15, 0.2) is 0 Å². The molecule has 0 aliphatic carbocycles. The Hall–Kier alpha value is -2.63. The Labute approximate surface area is 142 Å². The normalized spacial score (nSPS) is 12.2. The predicted octanol–water partition coefficient (Wildman–Crippen LogP) is 3.74. The highest BCUT2D eigenvalue weighted by atomic mass is 16.6. The molecule has 0 spiro atoms. The number of hydrazone groups is 1. The molecule has 0 fully saturated rings. The van der Waals surface area contributed by atoms with Crippen LogP contribution in [0.3, 0.4) is 0 Å². The third kappa shape index (κ3) is 4.22. The zero-order valence-corrected chi connectivity index (χ0v) is 15.0. The molecule has 6 heteroatoms. The molecule has 0 atom stereocenters. The SMILES string of the molecule is C/C(=N\NC(=O)OC(C)(C)C)c1c(C)nn(-c2ccccc2)c1C. The summed E-state index contributed by atoms with van der Waals surface area (Å²) in [5.74, 6) is 0. The van der Waals surface area contributed by atoms with Gasteiger partial charge in [-0.2, -0.15) is 10.2 Å². The minimum Gasteiger partial charge on any atom is -0.443 e. The summed E-state index contributed by atoms with van der Waals surface area (Å²) in [7, 11) is 0. The second-order valence-electron chi connectivity index (χ2n) is 6.60. The highest BCUT2D eigenvalue weighted by Crippen LogP contribution is 2.18. The highest BCUT2D eigenvalue weighted by Gasteiger charge is 2.17. The Kier molecular flexibility index (Phi) is 5.07. The second-order valence-corrected chi connectivity index (χ2v) is 6.60. The number of hydrogen-bond donors (Lipinski definition) is 1. The number of aromatic nitrogens is 2. The lowest BCUT2D eigenvalue weighted by atomic mass is 10.1. The molecule has 2 aromatic rings. The maximum Gasteiger partial charge on any atom is 0.428 e. The fraction of sp³-hybridized carbons (Fsp3) is 0.389. The number of carbonyl (C=O) groups excluding carboxylic acids is 1. The zero-order chi connectivity index (χ0) is 17.9. The smallest absolute Gasteiger partial charge is 0.428 e. The Morgan fingerprint density at radius 1 is 1.21 bits per heavy atom. The maximum atomic E-state index is 11.7. The van der Waals surface area contributed by atoms with Crippen LogP contribution in [0, 0.1) is 13.8 Å². The van der Waals surface area contributed by atoms with Crippen molar-refractivity contribution in [1.29, 1.82) is 0 Å². The van der Waals surface area contributed by atoms with E-state index in [1.165, 1.54) is 0 Å². The van der Waals surface area contributed by atoms with Gasteiger partial charge in [0.2, 0.25) is 0 Å². The molecule has 24 heavy (non-hydrogen) atoms. The van der Waals surface area contributed by atoms with Crippen molar-refractivity contribution < 1.29 is 9.53 Å². The number of para-hydroxylation sites is 1. The average Bonchev–Trinajstić information content (AvgIpc) is 2.79. The number of amides is 1. The van der Waals surface area contributed by atoms with Crippen LogP contribution in [0.1, 0.15) is 44.6 Å². The van der Waals surface area contributed by atoms with Gasteiger partial charge in [-0.05, 0) is 53.7 Å². The zero-order valence-electron chi connectivity index (χ0n) is 15.0. The number of rotatable bonds is 3. The van der Waals surface area contributed by atoms with Crippen molar-refractivity contribution in [3.63, 3.8) is 0 Å². The molecule has 0 unspecified atom stereocenters. The van der Waals surface area contributed by atoms with E-state index in [-0.39, 0.29) is 0 Å². The predicted molar refractivity (Wildman–Crippen MR) is 94.6 cm³/mol. The number of carbonyl (C=O) groups is 1. The number of benzene rings is 1. The Morgan fingerprint density at radius 2 is 1.83 bits per heavy atom. The summed E-state index contributed by atoms with van der Waals surface area (Å²) in [4.78, 5) is 11.7. The van der Waals surface area contributed by atoms with E-state index in [9.17, 15) is 4.79 Å². The van der Waals surface area contributed by atoms with Crippen LogP contribution in [0.2, 0.25) is 0 Å². The van der Waals surface area contributed by atoms with Gasteiger partial charge in [-0.15, -0.1) is 0 Å². The first-order chi connectivity index (χ1) is 11.2. The van der Waals surface area contributed by atoms with Crippen molar-refractivity contribution >= 4 is 11.8 Å². The van der Waals surface area contributed by atoms with Crippen LogP contribution in [0.5, 0.6) is 0 Å². The Bertz CT molecular complexity index is 755. The summed E-state index contributed by atoms with van der Waals surface area (Å²) in [6, 6.07) is 9.89. The lowest BCUT2D eigenvalue weighted by molar-refractivity contribution is 0.0529. The van der Waals surface area contributed by atoms with Crippen LogP contribution in [0.4, 0.5) is 4.79 Å². The Balaban J connectivity index is 2.24. The van der Waals surface area contributed by atoms with E-state index in [2.05, 4.69) is 15.6 Å². The van der Waals surface area contributed by atoms with Crippen LogP contribution in [0.25, 0.3) is 5.69 Å². The van der Waals surface area contributed by atoms with E-state index in [1.807, 2.05) is 55.8 Å². The molecule has 0 saturated carbocycles. The third-order valence-electron chi connectivity index (χ3n) is 3.37. The fourth-order valence-electron chi connectivity index (χ4n) is 2.47. The van der Waals surface area contributed by atoms with Gasteiger partial charge in [-0.25, -0.2) is 14.9 Å². The molecule has 1 aromatic carbocycles. The van der Waals surface area contributed by atoms with E-state index in [0.29, 0.717) is 5.71 Å². The van der Waals surface area contributed by atoms with Gasteiger partial charge in [0.1, 0.15) is 5.60 Å². The molecule has 0 radical (unpaired) electrons. The van der Waals surface area contributed by atoms with Crippen molar-refractivity contribution in [1.82, 2.24) is 15.2 Å². The third-order valence-corrected chi connectivity index (χ3v) is 3.37. The van der Waals surface area contributed by atoms with Gasteiger partial charge in [0.25, 0.3) is 0 Å². The first kappa shape index (κ1) is 17.7. The summed E-state index contributed by atoms with van der Waals surface area (Å²) in [5.41, 5.74) is 6.26. The number of ether oxygens (including phenoxy) is 1. The molecule has 1 N–H and O–H groups in total. The molecule has 0 aliphatic rings. The van der Waals surface area contributed by atoms with Crippen molar-refractivity contribution in [3.8, 4) is 5.69 Å². The van der Waals surface area contributed by atoms with Crippen molar-refractivity contribution in [2.45, 2.75) is 47.1 Å². The molecule has 0 saturated heterocycles. The lowest BCUT2D eigenvalue weighted by Gasteiger charge is -2.18. The molecule has 128 valence electrons. The van der Waals surface area contributed by atoms with E-state index in [4.69, 9.17) is 4.74 Å². The molecule has 1 aromatic heterocycles. The van der Waals surface area contributed by atoms with Crippen LogP contribution < -0.4 is 5.43 Å². The quantitative estimate of drug-likeness (QED) is 0.689. The Morgan fingerprint density at radius 3 is 2.42 bits per heavy atom. The molecular weight excluding hydrogens is 304 g/mol. The highest BCUT2D eigenvalue weighted by molar-refractivity contribution is 6.01. The van der Waals surface area contributed by atoms with Crippen LogP contribution in [-0.2, 0) is 4.74 Å². The fourth-order valence-corrected chi connectivity index (χ4v) is 2.47. The number of aryl methyl sites for hydroxylation is 1. The summed E-state index contributed by atoms with van der Waals surface area (Å²) >= 11 is 0. The summed E-state index contributed by atoms with van der Waals surface area (Å²) < 4.78 is 7.05. The summed E-state index contributed by atoms with van der Waals surface area (Å²) in [6.45, 7) is 11.2. The van der Waals surface area contributed by atoms with Crippen LogP contribution >= 0.6 is 0 Å². The molecule has 0 aliphatic heterocycles. The van der Waals surface area contributed by atoms with Crippen LogP contribution in [-0.4, -0.2) is 27.2 Å². The molecule has 1 heterocycles. The van der Waals surface area contributed by atoms with Gasteiger partial charge in [0, 0.05) is 5.56 Å². The standard InChI is InChI=1S/C18H24N4O2/c1-12(19-20-17(23)24-18(4,5)6)16-13(2)21-22(14(16)3)15-10-8-7-9-11-15/h7-11H,1-6H3,(H,20,23)/b19-12+. The topological polar surface area (TPSA) is 68.5 Å². The van der Waals surface area contributed by atoms with E-state index < -0.39 is 11.7 Å². The van der Waals surface area contributed by atoms with Crippen molar-refractivity contribution in [3.05, 3.63) is 47.3 Å². The molecule has 0 bridgehead atoms. The lowest BCUT2D eigenvalue weighted by Crippen LogP contribution is -2.30. The van der Waals surface area contributed by atoms with Crippen molar-refractivity contribution in [2.24, 2.45) is 5.10 Å². The van der Waals surface area contributed by atoms with Gasteiger partial charge in [-0.3, -0.25) is 0 Å². The molecule has 2 rings (SSSR count). The van der Waals surface area contributed by atoms with E-state index >= 15 is 0 Å². The molecule has 6 nitrogen and oxygen atoms in total. The van der Waals surface area contributed by atoms with E-state index in [0.717, 1.165) is 22.6 Å². The number of nitrogens with one attached hydrogen (secondary N) is 1. The van der Waals surface area contributed by atoms with E-state index in [1.54, 1.807) is 20.8 Å². The monoisotopic (exact) mass is 328 g/mol. The number of nitrogens with zero attached hydrogens (tertiary/aromatic N) is 3. The van der Waals surface area contributed by atoms with Crippen molar-refractivity contribution in [2.75, 3.05) is 0 Å². The summed E-state index contributed by atoms with van der Waals surface area (Å²) in [5, 5.41) is 8.73. The van der Waals surface area contributed by atoms with Crippen LogP contribution in [0.15, 0.2) is 35.4 Å². The minimum absolute atomic E-state index is 0.558. The first-order valence-electron chi connectivity index (χ1n) is 7.84. The first-order valence-corrected chi connectivity index (χ1v) is 7.84. The van der Waals surface area contributed by atoms with Gasteiger partial charge in [0.05, 0.1) is 22.8 Å². The second kappa shape index (κ2) is 6.86. The van der Waals surface area contributed by atoms with Gasteiger partial charge in [-0.1, -0.05) is 18.2 Å². The van der Waals surface area contributed by atoms with Gasteiger partial charge >= 0.3 is 6.09 Å². The minimum atomic E-state index is -0.576. The van der Waals surface area contributed by atoms with Gasteiger partial charge < -0.3 is 4.74 Å². The largest absolute Gasteiger partial charge is 0.443 e.